The van der Waals surface area contributed by atoms with Crippen molar-refractivity contribution in [1.29, 1.82) is 0 Å². The van der Waals surface area contributed by atoms with E-state index in [9.17, 15) is 9.90 Å². The Hall–Kier alpha value is -0.710. The monoisotopic (exact) mass is 328 g/mol. The highest BCUT2D eigenvalue weighted by atomic mass is 16.7. The van der Waals surface area contributed by atoms with Gasteiger partial charge in [-0.25, -0.2) is 0 Å². The molecule has 0 aromatic rings. The number of hydrogen-bond donors (Lipinski definition) is 1. The topological polar surface area (TPSA) is 55.8 Å². The van der Waals surface area contributed by atoms with Crippen LogP contribution in [0, 0.1) is 17.3 Å². The standard InChI is InChI=1S/C19H36O4/c1-10-11-14(6)16(20)15(7)17(21)19(8,9)18(22-12(2)3)23-13(4)5/h10,12-16,18,20H,1,11H2,2-9H3. The normalized spacial score (nSPS) is 16.7. The first-order valence-corrected chi connectivity index (χ1v) is 8.59. The summed E-state index contributed by atoms with van der Waals surface area (Å²) in [7, 11) is 0. The van der Waals surface area contributed by atoms with Gasteiger partial charge in [0.05, 0.1) is 23.7 Å². The number of ketones is 1. The van der Waals surface area contributed by atoms with Gasteiger partial charge >= 0.3 is 0 Å². The minimum Gasteiger partial charge on any atom is -0.392 e. The minimum absolute atomic E-state index is 0.0160. The molecule has 0 aliphatic rings. The van der Waals surface area contributed by atoms with Gasteiger partial charge in [0.15, 0.2) is 6.29 Å². The van der Waals surface area contributed by atoms with Gasteiger partial charge in [0.2, 0.25) is 0 Å². The molecule has 3 unspecified atom stereocenters. The number of rotatable bonds is 11. The second-order valence-corrected chi connectivity index (χ2v) is 7.57. The second kappa shape index (κ2) is 9.55. The Morgan fingerprint density at radius 1 is 1.09 bits per heavy atom. The van der Waals surface area contributed by atoms with E-state index in [-0.39, 0.29) is 23.9 Å². The predicted octanol–water partition coefficient (Wildman–Crippen LogP) is 3.97. The maximum atomic E-state index is 13.0. The van der Waals surface area contributed by atoms with Gasteiger partial charge in [-0.2, -0.15) is 0 Å². The van der Waals surface area contributed by atoms with Crippen molar-refractivity contribution in [1.82, 2.24) is 0 Å². The second-order valence-electron chi connectivity index (χ2n) is 7.57. The van der Waals surface area contributed by atoms with Crippen LogP contribution in [0.15, 0.2) is 12.7 Å². The molecular weight excluding hydrogens is 292 g/mol. The van der Waals surface area contributed by atoms with Crippen molar-refractivity contribution in [2.24, 2.45) is 17.3 Å². The first-order valence-electron chi connectivity index (χ1n) is 8.59. The van der Waals surface area contributed by atoms with E-state index in [1.807, 2.05) is 48.5 Å². The number of aliphatic hydroxyl groups is 1. The Labute approximate surface area is 142 Å². The third-order valence-electron chi connectivity index (χ3n) is 4.06. The van der Waals surface area contributed by atoms with Crippen molar-refractivity contribution in [2.75, 3.05) is 0 Å². The number of Topliss-reactive ketones (excluding diaryl/α,β-unsaturated/α-hetero) is 1. The molecule has 0 saturated carbocycles. The van der Waals surface area contributed by atoms with Crippen LogP contribution >= 0.6 is 0 Å². The van der Waals surface area contributed by atoms with Crippen LogP contribution < -0.4 is 0 Å². The fourth-order valence-electron chi connectivity index (χ4n) is 2.62. The number of ether oxygens (including phenoxy) is 2. The molecule has 0 radical (unpaired) electrons. The van der Waals surface area contributed by atoms with Gasteiger partial charge in [-0.3, -0.25) is 4.79 Å². The summed E-state index contributed by atoms with van der Waals surface area (Å²) in [5, 5.41) is 10.4. The van der Waals surface area contributed by atoms with E-state index in [1.54, 1.807) is 13.0 Å². The average Bonchev–Trinajstić information content (AvgIpc) is 2.43. The van der Waals surface area contributed by atoms with Crippen LogP contribution in [-0.2, 0) is 14.3 Å². The molecule has 0 aromatic heterocycles. The van der Waals surface area contributed by atoms with Crippen molar-refractivity contribution in [3.05, 3.63) is 12.7 Å². The fraction of sp³-hybridized carbons (Fsp3) is 0.842. The Morgan fingerprint density at radius 2 is 1.52 bits per heavy atom. The molecule has 0 saturated heterocycles. The highest BCUT2D eigenvalue weighted by Gasteiger charge is 2.43. The maximum absolute atomic E-state index is 13.0. The molecule has 0 bridgehead atoms. The summed E-state index contributed by atoms with van der Waals surface area (Å²) in [6.07, 6.45) is 0.991. The highest BCUT2D eigenvalue weighted by Crippen LogP contribution is 2.33. The molecule has 0 amide bonds. The molecule has 23 heavy (non-hydrogen) atoms. The lowest BCUT2D eigenvalue weighted by atomic mass is 9.76. The molecule has 0 fully saturated rings. The lowest BCUT2D eigenvalue weighted by Crippen LogP contribution is -2.48. The van der Waals surface area contributed by atoms with Gasteiger partial charge in [0.1, 0.15) is 5.78 Å². The number of hydrogen-bond acceptors (Lipinski definition) is 4. The molecule has 0 aliphatic carbocycles. The van der Waals surface area contributed by atoms with Crippen LogP contribution in [-0.4, -0.2) is 35.5 Å². The summed E-state index contributed by atoms with van der Waals surface area (Å²) in [5.41, 5.74) is -0.844. The molecule has 0 rings (SSSR count). The third kappa shape index (κ3) is 6.74. The highest BCUT2D eigenvalue weighted by molar-refractivity contribution is 5.87. The zero-order valence-electron chi connectivity index (χ0n) is 16.1. The first kappa shape index (κ1) is 22.3. The van der Waals surface area contributed by atoms with E-state index >= 15 is 0 Å². The number of allylic oxidation sites excluding steroid dienone is 1. The first-order chi connectivity index (χ1) is 10.4. The molecule has 0 heterocycles. The van der Waals surface area contributed by atoms with E-state index in [2.05, 4.69) is 6.58 Å². The minimum atomic E-state index is -0.844. The Balaban J connectivity index is 5.24. The van der Waals surface area contributed by atoms with E-state index in [0.717, 1.165) is 0 Å². The summed E-state index contributed by atoms with van der Waals surface area (Å²) < 4.78 is 11.7. The Bertz CT molecular complexity index is 364. The Morgan fingerprint density at radius 3 is 1.87 bits per heavy atom. The predicted molar refractivity (Wildman–Crippen MR) is 94.2 cm³/mol. The van der Waals surface area contributed by atoms with E-state index in [1.165, 1.54) is 0 Å². The summed E-state index contributed by atoms with van der Waals surface area (Å²) in [6.45, 7) is 18.7. The van der Waals surface area contributed by atoms with Crippen molar-refractivity contribution in [3.63, 3.8) is 0 Å². The third-order valence-corrected chi connectivity index (χ3v) is 4.06. The van der Waals surface area contributed by atoms with Crippen molar-refractivity contribution < 1.29 is 19.4 Å². The number of carbonyl (C=O) groups is 1. The van der Waals surface area contributed by atoms with Crippen LogP contribution in [0.5, 0.6) is 0 Å². The van der Waals surface area contributed by atoms with Crippen LogP contribution in [0.2, 0.25) is 0 Å². The molecule has 3 atom stereocenters. The summed E-state index contributed by atoms with van der Waals surface area (Å²) in [5.74, 6) is -0.557. The molecule has 0 spiro atoms. The van der Waals surface area contributed by atoms with Gasteiger partial charge in [0.25, 0.3) is 0 Å². The molecule has 0 aromatic carbocycles. The molecule has 4 nitrogen and oxygen atoms in total. The largest absolute Gasteiger partial charge is 0.392 e. The summed E-state index contributed by atoms with van der Waals surface area (Å²) >= 11 is 0. The summed E-state index contributed by atoms with van der Waals surface area (Å²) in [4.78, 5) is 13.0. The van der Waals surface area contributed by atoms with E-state index in [0.29, 0.717) is 6.42 Å². The van der Waals surface area contributed by atoms with E-state index in [4.69, 9.17) is 9.47 Å². The van der Waals surface area contributed by atoms with Crippen molar-refractivity contribution in [2.45, 2.75) is 86.4 Å². The molecule has 4 heteroatoms. The van der Waals surface area contributed by atoms with Gasteiger partial charge in [-0.05, 0) is 53.9 Å². The molecule has 0 aliphatic heterocycles. The van der Waals surface area contributed by atoms with Crippen molar-refractivity contribution >= 4 is 5.78 Å². The molecular formula is C19H36O4. The molecule has 1 N–H and O–H groups in total. The maximum Gasteiger partial charge on any atom is 0.170 e. The zero-order valence-corrected chi connectivity index (χ0v) is 16.1. The lowest BCUT2D eigenvalue weighted by Gasteiger charge is -2.38. The quantitative estimate of drug-likeness (QED) is 0.460. The number of aliphatic hydroxyl groups excluding tert-OH is 1. The zero-order chi connectivity index (χ0) is 18.4. The van der Waals surface area contributed by atoms with Crippen LogP contribution in [0.3, 0.4) is 0 Å². The van der Waals surface area contributed by atoms with Crippen molar-refractivity contribution in [3.8, 4) is 0 Å². The van der Waals surface area contributed by atoms with Crippen LogP contribution in [0.1, 0.15) is 61.8 Å². The van der Waals surface area contributed by atoms with Crippen LogP contribution in [0.4, 0.5) is 0 Å². The average molecular weight is 328 g/mol. The van der Waals surface area contributed by atoms with Gasteiger partial charge in [-0.1, -0.05) is 19.9 Å². The molecule has 136 valence electrons. The van der Waals surface area contributed by atoms with Gasteiger partial charge < -0.3 is 14.6 Å². The summed E-state index contributed by atoms with van der Waals surface area (Å²) in [6, 6.07) is 0. The van der Waals surface area contributed by atoms with Gasteiger partial charge in [0, 0.05) is 5.92 Å². The van der Waals surface area contributed by atoms with Crippen LogP contribution in [0.25, 0.3) is 0 Å². The fourth-order valence-corrected chi connectivity index (χ4v) is 2.62. The lowest BCUT2D eigenvalue weighted by molar-refractivity contribution is -0.229. The number of carbonyl (C=O) groups excluding carboxylic acids is 1. The van der Waals surface area contributed by atoms with E-state index < -0.39 is 23.7 Å². The SMILES string of the molecule is C=CCC(C)C(O)C(C)C(=O)C(C)(C)C(OC(C)C)OC(C)C. The smallest absolute Gasteiger partial charge is 0.170 e. The van der Waals surface area contributed by atoms with Gasteiger partial charge in [-0.15, -0.1) is 6.58 Å². The Kier molecular flexibility index (Phi) is 9.26.